The molecule has 0 spiro atoms. The number of benzene rings is 1. The zero-order valence-electron chi connectivity index (χ0n) is 6.65. The molecule has 1 aromatic rings. The summed E-state index contributed by atoms with van der Waals surface area (Å²) in [5, 5.41) is 0.141. The quantitative estimate of drug-likeness (QED) is 0.651. The van der Waals surface area contributed by atoms with E-state index in [1.807, 2.05) is 0 Å². The molecule has 0 nitrogen and oxygen atoms in total. The fraction of sp³-hybridized carbons (Fsp3) is 0.250. The lowest BCUT2D eigenvalue weighted by molar-refractivity contribution is -0.137. The van der Waals surface area contributed by atoms with Crippen molar-refractivity contribution in [2.75, 3.05) is 6.26 Å². The van der Waals surface area contributed by atoms with Crippen molar-refractivity contribution in [1.29, 1.82) is 0 Å². The van der Waals surface area contributed by atoms with Crippen LogP contribution >= 0.6 is 23.4 Å². The minimum absolute atomic E-state index is 0.141. The smallest absolute Gasteiger partial charge is 0.166 e. The summed E-state index contributed by atoms with van der Waals surface area (Å²) in [7, 11) is 0. The van der Waals surface area contributed by atoms with E-state index in [-0.39, 0.29) is 5.02 Å². The van der Waals surface area contributed by atoms with Gasteiger partial charge in [0.15, 0.2) is 0 Å². The molecule has 0 atom stereocenters. The van der Waals surface area contributed by atoms with Crippen molar-refractivity contribution in [2.45, 2.75) is 11.1 Å². The Labute approximate surface area is 83.1 Å². The summed E-state index contributed by atoms with van der Waals surface area (Å²) >= 11 is 6.93. The van der Waals surface area contributed by atoms with Crippen LogP contribution in [0.1, 0.15) is 5.56 Å². The Morgan fingerprint density at radius 3 is 2.31 bits per heavy atom. The second-order valence-electron chi connectivity index (χ2n) is 2.35. The predicted molar refractivity (Wildman–Crippen MR) is 48.2 cm³/mol. The molecule has 5 heteroatoms. The molecule has 0 saturated heterocycles. The van der Waals surface area contributed by atoms with Crippen LogP contribution in [0.15, 0.2) is 23.1 Å². The molecular formula is C8H6ClF3S. The van der Waals surface area contributed by atoms with E-state index in [0.29, 0.717) is 4.90 Å². The topological polar surface area (TPSA) is 0 Å². The summed E-state index contributed by atoms with van der Waals surface area (Å²) in [6.07, 6.45) is -2.56. The molecule has 0 heterocycles. The number of rotatable bonds is 1. The third kappa shape index (κ3) is 2.54. The van der Waals surface area contributed by atoms with Crippen LogP contribution < -0.4 is 0 Å². The van der Waals surface area contributed by atoms with E-state index in [1.165, 1.54) is 17.8 Å². The molecule has 1 rings (SSSR count). The van der Waals surface area contributed by atoms with E-state index in [0.717, 1.165) is 12.1 Å². The van der Waals surface area contributed by atoms with Crippen LogP contribution in [-0.4, -0.2) is 6.26 Å². The molecule has 13 heavy (non-hydrogen) atoms. The highest BCUT2D eigenvalue weighted by molar-refractivity contribution is 7.98. The van der Waals surface area contributed by atoms with Gasteiger partial charge in [-0.2, -0.15) is 13.2 Å². The Bertz CT molecular complexity index is 309. The molecule has 0 radical (unpaired) electrons. The highest BCUT2D eigenvalue weighted by Crippen LogP contribution is 2.34. The van der Waals surface area contributed by atoms with Gasteiger partial charge in [0, 0.05) is 4.90 Å². The monoisotopic (exact) mass is 226 g/mol. The van der Waals surface area contributed by atoms with Gasteiger partial charge in [0.25, 0.3) is 0 Å². The van der Waals surface area contributed by atoms with Gasteiger partial charge in [0.2, 0.25) is 0 Å². The van der Waals surface area contributed by atoms with Crippen molar-refractivity contribution >= 4 is 23.4 Å². The molecule has 0 fully saturated rings. The van der Waals surface area contributed by atoms with Crippen molar-refractivity contribution < 1.29 is 13.2 Å². The van der Waals surface area contributed by atoms with Gasteiger partial charge in [-0.15, -0.1) is 11.8 Å². The zero-order valence-corrected chi connectivity index (χ0v) is 8.22. The molecule has 0 unspecified atom stereocenters. The van der Waals surface area contributed by atoms with Crippen LogP contribution in [0, 0.1) is 0 Å². The molecule has 0 aromatic heterocycles. The lowest BCUT2D eigenvalue weighted by Gasteiger charge is -2.08. The molecule has 0 aliphatic carbocycles. The van der Waals surface area contributed by atoms with E-state index in [1.54, 1.807) is 6.26 Å². The Morgan fingerprint density at radius 2 is 1.92 bits per heavy atom. The van der Waals surface area contributed by atoms with E-state index < -0.39 is 11.7 Å². The van der Waals surface area contributed by atoms with E-state index >= 15 is 0 Å². The van der Waals surface area contributed by atoms with Crippen molar-refractivity contribution in [2.24, 2.45) is 0 Å². The molecule has 0 aliphatic rings. The lowest BCUT2D eigenvalue weighted by Crippen LogP contribution is -2.04. The molecular weight excluding hydrogens is 221 g/mol. The van der Waals surface area contributed by atoms with Crippen molar-refractivity contribution in [3.05, 3.63) is 28.8 Å². The predicted octanol–water partition coefficient (Wildman–Crippen LogP) is 4.08. The maximum atomic E-state index is 12.1. The van der Waals surface area contributed by atoms with E-state index in [4.69, 9.17) is 11.6 Å². The lowest BCUT2D eigenvalue weighted by atomic mass is 10.2. The van der Waals surface area contributed by atoms with Gasteiger partial charge >= 0.3 is 6.18 Å². The maximum Gasteiger partial charge on any atom is 0.416 e. The number of thioether (sulfide) groups is 1. The number of hydrogen-bond donors (Lipinski definition) is 0. The Kier molecular flexibility index (Phi) is 3.14. The third-order valence-electron chi connectivity index (χ3n) is 1.48. The second kappa shape index (κ2) is 3.80. The normalized spacial score (nSPS) is 11.8. The summed E-state index contributed by atoms with van der Waals surface area (Å²) in [6.45, 7) is 0. The first-order valence-electron chi connectivity index (χ1n) is 3.36. The maximum absolute atomic E-state index is 12.1. The third-order valence-corrected chi connectivity index (χ3v) is 2.70. The van der Waals surface area contributed by atoms with Gasteiger partial charge in [-0.3, -0.25) is 0 Å². The SMILES string of the molecule is CSc1ccc(C(F)(F)F)cc1Cl. The number of halogens is 4. The molecule has 72 valence electrons. The van der Waals surface area contributed by atoms with Gasteiger partial charge in [-0.05, 0) is 24.5 Å². The fourth-order valence-corrected chi connectivity index (χ4v) is 1.71. The van der Waals surface area contributed by atoms with Crippen LogP contribution in [0.5, 0.6) is 0 Å². The summed E-state index contributed by atoms with van der Waals surface area (Å²) in [5.41, 5.74) is -0.713. The summed E-state index contributed by atoms with van der Waals surface area (Å²) < 4.78 is 36.4. The summed E-state index contributed by atoms with van der Waals surface area (Å²) in [5.74, 6) is 0. The average Bonchev–Trinajstić information content (AvgIpc) is 2.02. The van der Waals surface area contributed by atoms with Gasteiger partial charge in [-0.25, -0.2) is 0 Å². The minimum atomic E-state index is -4.32. The largest absolute Gasteiger partial charge is 0.416 e. The first kappa shape index (κ1) is 10.7. The van der Waals surface area contributed by atoms with Crippen molar-refractivity contribution in [3.63, 3.8) is 0 Å². The molecule has 1 aromatic carbocycles. The van der Waals surface area contributed by atoms with Crippen LogP contribution in [0.25, 0.3) is 0 Å². The van der Waals surface area contributed by atoms with Crippen LogP contribution in [-0.2, 0) is 6.18 Å². The van der Waals surface area contributed by atoms with Gasteiger partial charge in [0.05, 0.1) is 10.6 Å². The van der Waals surface area contributed by atoms with Crippen molar-refractivity contribution in [1.82, 2.24) is 0 Å². The average molecular weight is 227 g/mol. The summed E-state index contributed by atoms with van der Waals surface area (Å²) in [6, 6.07) is 3.33. The standard InChI is InChI=1S/C8H6ClF3S/c1-13-7-3-2-5(4-6(7)9)8(10,11)12/h2-4H,1H3. The second-order valence-corrected chi connectivity index (χ2v) is 3.60. The van der Waals surface area contributed by atoms with Gasteiger partial charge in [-0.1, -0.05) is 11.6 Å². The van der Waals surface area contributed by atoms with Crippen molar-refractivity contribution in [3.8, 4) is 0 Å². The molecule has 0 saturated carbocycles. The summed E-state index contributed by atoms with van der Waals surface area (Å²) in [4.78, 5) is 0.648. The van der Waals surface area contributed by atoms with Crippen LogP contribution in [0.4, 0.5) is 13.2 Å². The highest BCUT2D eigenvalue weighted by Gasteiger charge is 2.30. The van der Waals surface area contributed by atoms with Crippen LogP contribution in [0.3, 0.4) is 0 Å². The molecule has 0 amide bonds. The first-order valence-corrected chi connectivity index (χ1v) is 4.96. The van der Waals surface area contributed by atoms with Crippen LogP contribution in [0.2, 0.25) is 5.02 Å². The number of hydrogen-bond acceptors (Lipinski definition) is 1. The first-order chi connectivity index (χ1) is 5.95. The Balaban J connectivity index is 3.10. The van der Waals surface area contributed by atoms with Gasteiger partial charge in [0.1, 0.15) is 0 Å². The molecule has 0 bridgehead atoms. The highest BCUT2D eigenvalue weighted by atomic mass is 35.5. The minimum Gasteiger partial charge on any atom is -0.166 e. The molecule has 0 aliphatic heterocycles. The Hall–Kier alpha value is -0.350. The zero-order chi connectivity index (χ0) is 10.1. The Morgan fingerprint density at radius 1 is 1.31 bits per heavy atom. The number of alkyl halides is 3. The fourth-order valence-electron chi connectivity index (χ4n) is 0.843. The van der Waals surface area contributed by atoms with E-state index in [9.17, 15) is 13.2 Å². The molecule has 0 N–H and O–H groups in total. The van der Waals surface area contributed by atoms with E-state index in [2.05, 4.69) is 0 Å². The van der Waals surface area contributed by atoms with Gasteiger partial charge < -0.3 is 0 Å².